The van der Waals surface area contributed by atoms with Crippen LogP contribution in [0, 0.1) is 29.6 Å². The second-order valence-corrected chi connectivity index (χ2v) is 18.1. The van der Waals surface area contributed by atoms with Gasteiger partial charge in [0.25, 0.3) is 11.7 Å². The Bertz CT molecular complexity index is 1630. The molecule has 1 amide bonds. The van der Waals surface area contributed by atoms with Crippen molar-refractivity contribution < 1.29 is 58.6 Å². The number of Topliss-reactive ketones (excluding diaryl/α,β-unsaturated/α-hetero) is 3. The van der Waals surface area contributed by atoms with Crippen molar-refractivity contribution in [3.8, 4) is 0 Å². The predicted molar refractivity (Wildman–Crippen MR) is 225 cm³/mol. The molecule has 11 atom stereocenters. The Kier molecular flexibility index (Phi) is 18.6. The lowest BCUT2D eigenvalue weighted by atomic mass is 9.79. The Morgan fingerprint density at radius 1 is 0.867 bits per heavy atom. The number of nitrogens with zero attached hydrogens (tertiary/aromatic N) is 1. The van der Waals surface area contributed by atoms with Crippen LogP contribution in [0.1, 0.15) is 125 Å². The number of methoxy groups -OCH3 is 1. The zero-order chi connectivity index (χ0) is 44.3. The van der Waals surface area contributed by atoms with Crippen molar-refractivity contribution in [3.63, 3.8) is 0 Å². The van der Waals surface area contributed by atoms with Crippen LogP contribution in [-0.4, -0.2) is 117 Å². The smallest absolute Gasteiger partial charge is 0.329 e. The summed E-state index contributed by atoms with van der Waals surface area (Å²) in [7, 11) is 1.56. The normalized spacial score (nSPS) is 39.2. The molecular formula is C47H71NO12. The highest BCUT2D eigenvalue weighted by molar-refractivity contribution is 6.39. The fourth-order valence-electron chi connectivity index (χ4n) is 9.04. The molecule has 1 saturated carbocycles. The minimum absolute atomic E-state index is 0.00485. The molecule has 3 aliphatic heterocycles. The van der Waals surface area contributed by atoms with E-state index in [0.717, 1.165) is 23.3 Å². The molecule has 60 heavy (non-hydrogen) atoms. The van der Waals surface area contributed by atoms with Gasteiger partial charge in [0.05, 0.1) is 18.3 Å². The standard InChI is InChI=1S/C47H71NO12/c1-28-12-9-8-10-13-29(2)40(58-7)26-36-21-16-33(6)47(57,60-36)44(54)45(55)48-23-11-14-37(48)46(56)59-41(31(4)25-34-17-19-35(49)20-18-34)27-39(51)30(3)24-32(5)42(52)43(53)38(50)22-15-28/h8-10,12-13,24,28,30-31,33-37,40-43,49,52-53,57H,11,14-23,25-27H2,1-7H3/b10-8+,12-9+,29-13?,32-24+/t28-,30-,31-,33-,34?,35?,36+,37?,40+,41+,42-,43+,47-/m1/s1. The van der Waals surface area contributed by atoms with Crippen LogP contribution in [0.15, 0.2) is 47.6 Å². The van der Waals surface area contributed by atoms with E-state index >= 15 is 0 Å². The number of carbonyl (C=O) groups excluding carboxylic acids is 5. The molecule has 0 aromatic heterocycles. The number of ketones is 3. The number of esters is 1. The summed E-state index contributed by atoms with van der Waals surface area (Å²) in [6.45, 7) is 10.7. The van der Waals surface area contributed by atoms with Crippen LogP contribution in [0.2, 0.25) is 0 Å². The van der Waals surface area contributed by atoms with E-state index in [1.54, 1.807) is 27.9 Å². The molecule has 1 aliphatic carbocycles. The van der Waals surface area contributed by atoms with Gasteiger partial charge in [0.15, 0.2) is 5.78 Å². The van der Waals surface area contributed by atoms with E-state index in [9.17, 15) is 44.4 Å². The van der Waals surface area contributed by atoms with Gasteiger partial charge in [-0.3, -0.25) is 19.2 Å². The summed E-state index contributed by atoms with van der Waals surface area (Å²) >= 11 is 0. The molecule has 13 nitrogen and oxygen atoms in total. The lowest BCUT2D eigenvalue weighted by Crippen LogP contribution is -2.59. The molecule has 0 aromatic carbocycles. The van der Waals surface area contributed by atoms with Crippen LogP contribution >= 0.6 is 0 Å². The Balaban J connectivity index is 1.64. The largest absolute Gasteiger partial charge is 0.460 e. The van der Waals surface area contributed by atoms with E-state index in [1.807, 2.05) is 51.2 Å². The number of ether oxygens (including phenoxy) is 3. The fraction of sp³-hybridized carbons (Fsp3) is 0.723. The Labute approximate surface area is 356 Å². The number of aliphatic hydroxyl groups excluding tert-OH is 3. The highest BCUT2D eigenvalue weighted by atomic mass is 16.6. The van der Waals surface area contributed by atoms with Crippen LogP contribution in [0.3, 0.4) is 0 Å². The minimum atomic E-state index is -2.41. The molecule has 0 spiro atoms. The van der Waals surface area contributed by atoms with Crippen molar-refractivity contribution in [1.82, 2.24) is 4.90 Å². The van der Waals surface area contributed by atoms with Crippen LogP contribution in [-0.2, 0) is 38.2 Å². The van der Waals surface area contributed by atoms with Crippen LogP contribution in [0.5, 0.6) is 0 Å². The summed E-state index contributed by atoms with van der Waals surface area (Å²) in [6, 6.07) is -1.12. The SMILES string of the molecule is CO[C@H]1C[C@@H]2CC[C@@H](C)[C@@](O)(O2)C(=O)C(=O)N2CCCC2C(=O)O[C@H]([C@H](C)CC2CCC(O)CC2)CC(=O)[C@H](C)/C=C(\C)[C@@H](O)[C@@H](O)C(=O)CC[C@H](C)/C=C/C=C/C=C1C. The molecule has 0 aromatic rings. The minimum Gasteiger partial charge on any atom is -0.460 e. The van der Waals surface area contributed by atoms with Gasteiger partial charge in [0.2, 0.25) is 5.79 Å². The molecule has 2 bridgehead atoms. The molecule has 0 radical (unpaired) electrons. The molecule has 1 unspecified atom stereocenters. The fourth-order valence-corrected chi connectivity index (χ4v) is 9.04. The highest BCUT2D eigenvalue weighted by Gasteiger charge is 2.53. The third kappa shape index (κ3) is 13.1. The van der Waals surface area contributed by atoms with Crippen molar-refractivity contribution in [2.75, 3.05) is 13.7 Å². The van der Waals surface area contributed by atoms with Gasteiger partial charge < -0.3 is 39.5 Å². The third-order valence-corrected chi connectivity index (χ3v) is 13.3. The van der Waals surface area contributed by atoms with Crippen molar-refractivity contribution >= 4 is 29.2 Å². The van der Waals surface area contributed by atoms with E-state index in [4.69, 9.17) is 14.2 Å². The Morgan fingerprint density at radius 3 is 2.25 bits per heavy atom. The van der Waals surface area contributed by atoms with Gasteiger partial charge in [0.1, 0.15) is 30.1 Å². The van der Waals surface area contributed by atoms with E-state index < -0.39 is 77.6 Å². The number of hydrogen-bond acceptors (Lipinski definition) is 12. The van der Waals surface area contributed by atoms with Crippen LogP contribution < -0.4 is 0 Å². The molecule has 4 N–H and O–H groups in total. The van der Waals surface area contributed by atoms with Crippen molar-refractivity contribution in [3.05, 3.63) is 47.6 Å². The van der Waals surface area contributed by atoms with Gasteiger partial charge in [-0.1, -0.05) is 64.2 Å². The predicted octanol–water partition coefficient (Wildman–Crippen LogP) is 5.27. The average Bonchev–Trinajstić information content (AvgIpc) is 3.72. The van der Waals surface area contributed by atoms with Gasteiger partial charge in [0, 0.05) is 44.8 Å². The van der Waals surface area contributed by atoms with Crippen molar-refractivity contribution in [2.45, 2.75) is 173 Å². The van der Waals surface area contributed by atoms with E-state index in [1.165, 1.54) is 6.08 Å². The molecule has 3 heterocycles. The molecule has 2 saturated heterocycles. The molecule has 13 heteroatoms. The van der Waals surface area contributed by atoms with Crippen LogP contribution in [0.4, 0.5) is 0 Å². The monoisotopic (exact) mass is 841 g/mol. The van der Waals surface area contributed by atoms with Crippen molar-refractivity contribution in [2.24, 2.45) is 29.6 Å². The first kappa shape index (κ1) is 49.3. The lowest BCUT2D eigenvalue weighted by Gasteiger charge is -2.41. The van der Waals surface area contributed by atoms with Gasteiger partial charge >= 0.3 is 5.97 Å². The summed E-state index contributed by atoms with van der Waals surface area (Å²) in [4.78, 5) is 70.0. The summed E-state index contributed by atoms with van der Waals surface area (Å²) in [5.74, 6) is -7.64. The van der Waals surface area contributed by atoms with Gasteiger partial charge in [-0.25, -0.2) is 4.79 Å². The quantitative estimate of drug-likeness (QED) is 0.163. The zero-order valence-electron chi connectivity index (χ0n) is 36.8. The Morgan fingerprint density at radius 2 is 1.57 bits per heavy atom. The molecule has 3 fully saturated rings. The summed E-state index contributed by atoms with van der Waals surface area (Å²) in [6.07, 6.45) is 11.2. The summed E-state index contributed by atoms with van der Waals surface area (Å²) < 4.78 is 18.0. The van der Waals surface area contributed by atoms with Gasteiger partial charge in [-0.2, -0.15) is 0 Å². The maximum atomic E-state index is 14.1. The zero-order valence-corrected chi connectivity index (χ0v) is 36.8. The molecule has 4 rings (SSSR count). The lowest BCUT2D eigenvalue weighted by molar-refractivity contribution is -0.265. The van der Waals surface area contributed by atoms with Gasteiger partial charge in [-0.05, 0) is 107 Å². The highest BCUT2D eigenvalue weighted by Crippen LogP contribution is 2.37. The number of amides is 1. The van der Waals surface area contributed by atoms with Crippen molar-refractivity contribution in [1.29, 1.82) is 0 Å². The maximum absolute atomic E-state index is 14.1. The molecular weight excluding hydrogens is 771 g/mol. The summed E-state index contributed by atoms with van der Waals surface area (Å²) in [5.41, 5.74) is 1.13. The molecule has 4 aliphatic rings. The second kappa shape index (κ2) is 22.7. The van der Waals surface area contributed by atoms with Crippen LogP contribution in [0.25, 0.3) is 0 Å². The maximum Gasteiger partial charge on any atom is 0.329 e. The number of cyclic esters (lactones) is 1. The average molecular weight is 842 g/mol. The first-order valence-electron chi connectivity index (χ1n) is 22.1. The summed E-state index contributed by atoms with van der Waals surface area (Å²) in [5, 5.41) is 43.6. The third-order valence-electron chi connectivity index (χ3n) is 13.3. The topological polar surface area (TPSA) is 197 Å². The Hall–Kier alpha value is -3.33. The number of allylic oxidation sites excluding steroid dienone is 6. The number of aliphatic hydroxyl groups is 4. The number of fused-ring (bicyclic) bond motifs is 3. The van der Waals surface area contributed by atoms with Gasteiger partial charge in [-0.15, -0.1) is 0 Å². The van der Waals surface area contributed by atoms with E-state index in [2.05, 4.69) is 0 Å². The first-order chi connectivity index (χ1) is 28.4. The first-order valence-corrected chi connectivity index (χ1v) is 22.1. The molecule has 336 valence electrons. The second-order valence-electron chi connectivity index (χ2n) is 18.1. The van der Waals surface area contributed by atoms with E-state index in [0.29, 0.717) is 51.4 Å². The number of rotatable bonds is 4. The number of hydrogen-bond donors (Lipinski definition) is 4. The van der Waals surface area contributed by atoms with E-state index in [-0.39, 0.29) is 61.0 Å². The number of carbonyl (C=O) groups is 5.